The number of carbonyl (C=O) groups excluding carboxylic acids is 1. The predicted molar refractivity (Wildman–Crippen MR) is 41.7 cm³/mol. The van der Waals surface area contributed by atoms with Gasteiger partial charge in [0.15, 0.2) is 0 Å². The minimum absolute atomic E-state index is 0.0303. The number of hydrogen-bond donors (Lipinski definition) is 0. The molecule has 0 aromatic rings. The minimum atomic E-state index is -0.283. The zero-order chi connectivity index (χ0) is 8.48. The van der Waals surface area contributed by atoms with Crippen molar-refractivity contribution in [3.05, 3.63) is 0 Å². The van der Waals surface area contributed by atoms with Gasteiger partial charge in [0.1, 0.15) is 6.10 Å². The second-order valence-corrected chi connectivity index (χ2v) is 3.39. The van der Waals surface area contributed by atoms with Crippen molar-refractivity contribution in [2.24, 2.45) is 5.41 Å². The van der Waals surface area contributed by atoms with Gasteiger partial charge in [-0.3, -0.25) is 4.79 Å². The van der Waals surface area contributed by atoms with E-state index in [1.165, 1.54) is 0 Å². The Morgan fingerprint density at radius 1 is 1.82 bits per heavy atom. The Kier molecular flexibility index (Phi) is 1.90. The van der Waals surface area contributed by atoms with E-state index in [9.17, 15) is 4.79 Å². The molecule has 11 heavy (non-hydrogen) atoms. The van der Waals surface area contributed by atoms with Crippen molar-refractivity contribution >= 4 is 5.97 Å². The lowest BCUT2D eigenvalue weighted by molar-refractivity contribution is -0.157. The summed E-state index contributed by atoms with van der Waals surface area (Å²) < 4.78 is 4.95. The molecule has 0 aromatic carbocycles. The Morgan fingerprint density at radius 2 is 2.45 bits per heavy atom. The highest BCUT2D eigenvalue weighted by Crippen LogP contribution is 2.32. The van der Waals surface area contributed by atoms with Crippen LogP contribution in [0.3, 0.4) is 0 Å². The molecule has 0 radical (unpaired) electrons. The number of hydrogen-bond acceptors (Lipinski definition) is 2. The van der Waals surface area contributed by atoms with Crippen LogP contribution in [0.25, 0.3) is 0 Å². The fraction of sp³-hybridized carbons (Fsp3) is 0.667. The Hall–Kier alpha value is -0.970. The highest BCUT2D eigenvalue weighted by Gasteiger charge is 2.34. The molecule has 60 valence electrons. The molecule has 1 saturated heterocycles. The molecule has 0 bridgehead atoms. The van der Waals surface area contributed by atoms with E-state index >= 15 is 0 Å². The van der Waals surface area contributed by atoms with Crippen LogP contribution in [-0.2, 0) is 9.53 Å². The first-order valence-corrected chi connectivity index (χ1v) is 3.73. The largest absolute Gasteiger partial charge is 0.463 e. The van der Waals surface area contributed by atoms with E-state index in [1.807, 2.05) is 13.8 Å². The van der Waals surface area contributed by atoms with Gasteiger partial charge in [-0.25, -0.2) is 0 Å². The van der Waals surface area contributed by atoms with Crippen molar-refractivity contribution in [2.45, 2.75) is 32.8 Å². The van der Waals surface area contributed by atoms with Crippen molar-refractivity contribution in [3.63, 3.8) is 0 Å². The van der Waals surface area contributed by atoms with Crippen LogP contribution in [0, 0.1) is 17.8 Å². The van der Waals surface area contributed by atoms with Crippen LogP contribution in [0.4, 0.5) is 0 Å². The molecule has 1 heterocycles. The van der Waals surface area contributed by atoms with Crippen LogP contribution >= 0.6 is 0 Å². The highest BCUT2D eigenvalue weighted by molar-refractivity contribution is 5.72. The van der Waals surface area contributed by atoms with E-state index in [2.05, 4.69) is 5.92 Å². The summed E-state index contributed by atoms with van der Waals surface area (Å²) in [4.78, 5) is 10.9. The summed E-state index contributed by atoms with van der Waals surface area (Å²) in [5, 5.41) is 0. The van der Waals surface area contributed by atoms with Crippen molar-refractivity contribution < 1.29 is 9.53 Å². The van der Waals surface area contributed by atoms with Gasteiger partial charge in [0, 0.05) is 11.8 Å². The molecule has 0 N–H and O–H groups in total. The Labute approximate surface area is 66.9 Å². The zero-order valence-electron chi connectivity index (χ0n) is 6.89. The summed E-state index contributed by atoms with van der Waals surface area (Å²) in [5.41, 5.74) is -0.283. The average Bonchev–Trinajstić information content (AvgIpc) is 1.84. The van der Waals surface area contributed by atoms with Crippen LogP contribution in [0.1, 0.15) is 26.7 Å². The van der Waals surface area contributed by atoms with Gasteiger partial charge in [-0.1, -0.05) is 5.92 Å². The molecule has 2 heteroatoms. The summed E-state index contributed by atoms with van der Waals surface area (Å²) in [6.45, 7) is 3.79. The van der Waals surface area contributed by atoms with Gasteiger partial charge in [-0.15, -0.1) is 6.42 Å². The number of esters is 1. The second-order valence-electron chi connectivity index (χ2n) is 3.39. The van der Waals surface area contributed by atoms with E-state index in [0.717, 1.165) is 6.42 Å². The molecule has 2 atom stereocenters. The molecule has 2 nitrogen and oxygen atoms in total. The van der Waals surface area contributed by atoms with Crippen LogP contribution in [0.2, 0.25) is 0 Å². The van der Waals surface area contributed by atoms with Crippen LogP contribution in [0.15, 0.2) is 0 Å². The molecular weight excluding hydrogens is 140 g/mol. The maximum absolute atomic E-state index is 10.9. The Morgan fingerprint density at radius 3 is 2.91 bits per heavy atom. The lowest BCUT2D eigenvalue weighted by Crippen LogP contribution is -2.33. The average molecular weight is 152 g/mol. The predicted octanol–water partition coefficient (Wildman–Crippen LogP) is 1.35. The van der Waals surface area contributed by atoms with Gasteiger partial charge in [0.2, 0.25) is 0 Å². The Balaban J connectivity index is 2.72. The number of rotatable bonds is 0. The topological polar surface area (TPSA) is 26.3 Å². The molecule has 1 aliphatic rings. The van der Waals surface area contributed by atoms with Crippen molar-refractivity contribution in [1.29, 1.82) is 0 Å². The van der Waals surface area contributed by atoms with E-state index in [1.54, 1.807) is 0 Å². The number of ether oxygens (including phenoxy) is 1. The molecule has 0 spiro atoms. The van der Waals surface area contributed by atoms with Gasteiger partial charge in [-0.05, 0) is 13.8 Å². The molecule has 0 saturated carbocycles. The highest BCUT2D eigenvalue weighted by atomic mass is 16.5. The molecule has 2 unspecified atom stereocenters. The van der Waals surface area contributed by atoms with Gasteiger partial charge >= 0.3 is 5.97 Å². The molecule has 1 rings (SSSR count). The summed E-state index contributed by atoms with van der Waals surface area (Å²) in [7, 11) is 0. The van der Waals surface area contributed by atoms with Crippen LogP contribution in [-0.4, -0.2) is 12.1 Å². The third-order valence-electron chi connectivity index (χ3n) is 1.95. The summed E-state index contributed by atoms with van der Waals surface area (Å²) >= 11 is 0. The van der Waals surface area contributed by atoms with Gasteiger partial charge in [-0.2, -0.15) is 0 Å². The van der Waals surface area contributed by atoms with Gasteiger partial charge in [0.25, 0.3) is 0 Å². The lowest BCUT2D eigenvalue weighted by Gasteiger charge is -2.31. The molecule has 1 fully saturated rings. The fourth-order valence-corrected chi connectivity index (χ4v) is 1.44. The monoisotopic (exact) mass is 152 g/mol. The standard InChI is InChI=1S/C9H12O2/c1-4-9(3)5-7(2)11-8(10)6-9/h1,7H,5-6H2,2-3H3. The van der Waals surface area contributed by atoms with Crippen molar-refractivity contribution in [1.82, 2.24) is 0 Å². The quantitative estimate of drug-likeness (QED) is 0.387. The maximum Gasteiger partial charge on any atom is 0.307 e. The number of carbonyl (C=O) groups is 1. The van der Waals surface area contributed by atoms with Gasteiger partial charge in [0.05, 0.1) is 6.42 Å². The molecule has 0 amide bonds. The fourth-order valence-electron chi connectivity index (χ4n) is 1.44. The maximum atomic E-state index is 10.9. The third-order valence-corrected chi connectivity index (χ3v) is 1.95. The normalized spacial score (nSPS) is 37.5. The summed E-state index contributed by atoms with van der Waals surface area (Å²) in [6.07, 6.45) is 6.40. The smallest absolute Gasteiger partial charge is 0.307 e. The van der Waals surface area contributed by atoms with E-state index in [-0.39, 0.29) is 17.5 Å². The Bertz CT molecular complexity index is 214. The molecular formula is C9H12O2. The summed E-state index contributed by atoms with van der Waals surface area (Å²) in [5.74, 6) is 2.46. The van der Waals surface area contributed by atoms with E-state index in [0.29, 0.717) is 6.42 Å². The first-order chi connectivity index (χ1) is 5.06. The number of terminal acetylenes is 1. The van der Waals surface area contributed by atoms with E-state index in [4.69, 9.17) is 11.2 Å². The lowest BCUT2D eigenvalue weighted by atomic mass is 9.81. The molecule has 0 aliphatic carbocycles. The summed E-state index contributed by atoms with van der Waals surface area (Å²) in [6, 6.07) is 0. The van der Waals surface area contributed by atoms with Crippen molar-refractivity contribution in [2.75, 3.05) is 0 Å². The third kappa shape index (κ3) is 1.74. The van der Waals surface area contributed by atoms with Gasteiger partial charge < -0.3 is 4.74 Å². The number of cyclic esters (lactones) is 1. The van der Waals surface area contributed by atoms with E-state index < -0.39 is 0 Å². The first kappa shape index (κ1) is 8.13. The molecule has 1 aliphatic heterocycles. The second kappa shape index (κ2) is 2.58. The molecule has 0 aromatic heterocycles. The SMILES string of the molecule is C#CC1(C)CC(=O)OC(C)C1. The van der Waals surface area contributed by atoms with Crippen LogP contribution in [0.5, 0.6) is 0 Å². The first-order valence-electron chi connectivity index (χ1n) is 3.73. The van der Waals surface area contributed by atoms with Crippen LogP contribution < -0.4 is 0 Å². The zero-order valence-corrected chi connectivity index (χ0v) is 6.89. The minimum Gasteiger partial charge on any atom is -0.463 e. The van der Waals surface area contributed by atoms with Crippen molar-refractivity contribution in [3.8, 4) is 12.3 Å².